The van der Waals surface area contributed by atoms with Crippen molar-refractivity contribution in [3.05, 3.63) is 35.9 Å². The van der Waals surface area contributed by atoms with E-state index in [1.807, 2.05) is 30.3 Å². The summed E-state index contributed by atoms with van der Waals surface area (Å²) < 4.78 is 21.9. The maximum Gasteiger partial charge on any atom is 0.407 e. The van der Waals surface area contributed by atoms with Gasteiger partial charge in [0.1, 0.15) is 22.2 Å². The first-order valence-corrected chi connectivity index (χ1v) is 14.9. The lowest BCUT2D eigenvalue weighted by Crippen LogP contribution is -2.51. The number of hydrogen-bond acceptors (Lipinski definition) is 9. The quantitative estimate of drug-likeness (QED) is 0.0923. The number of carboxylic acid groups (broad SMARTS) is 1. The van der Waals surface area contributed by atoms with Crippen LogP contribution in [0.3, 0.4) is 0 Å². The monoisotopic (exact) mass is 625 g/mol. The lowest BCUT2D eigenvalue weighted by molar-refractivity contribution is -0.319. The largest absolute Gasteiger partial charge is 0.549 e. The third kappa shape index (κ3) is 17.0. The highest BCUT2D eigenvalue weighted by molar-refractivity contribution is 5.98. The minimum Gasteiger partial charge on any atom is -0.549 e. The fourth-order valence-electron chi connectivity index (χ4n) is 4.17. The number of carbonyl (C=O) groups excluding carboxylic acids is 4. The molecule has 1 aromatic rings. The topological polar surface area (TPSA) is 189 Å². The molecule has 0 fully saturated rings. The lowest BCUT2D eigenvalue weighted by Gasteiger charge is -2.36. The van der Waals surface area contributed by atoms with Gasteiger partial charge in [-0.25, -0.2) is 9.59 Å². The van der Waals surface area contributed by atoms with Crippen LogP contribution in [0.1, 0.15) is 99.5 Å². The first kappa shape index (κ1) is 40.6. The molecule has 6 N–H and O–H groups in total. The normalized spacial score (nSPS) is 12.0. The van der Waals surface area contributed by atoms with Gasteiger partial charge in [-0.2, -0.15) is 0 Å². The molecule has 44 heavy (non-hydrogen) atoms. The number of rotatable bonds is 17. The highest BCUT2D eigenvalue weighted by Gasteiger charge is 2.43. The van der Waals surface area contributed by atoms with Gasteiger partial charge in [0.15, 0.2) is 0 Å². The number of carboxylic acids is 1. The summed E-state index contributed by atoms with van der Waals surface area (Å²) >= 11 is 0. The van der Waals surface area contributed by atoms with Crippen molar-refractivity contribution in [2.24, 2.45) is 5.41 Å². The summed E-state index contributed by atoms with van der Waals surface area (Å²) in [5, 5.41) is 17.7. The minimum atomic E-state index is -1.99. The van der Waals surface area contributed by atoms with E-state index in [1.54, 1.807) is 55.4 Å². The van der Waals surface area contributed by atoms with Crippen molar-refractivity contribution in [1.29, 1.82) is 0 Å². The van der Waals surface area contributed by atoms with E-state index in [4.69, 9.17) is 18.9 Å². The SMILES string of the molecule is CC(C)(C)OC(=O)NCCCC(CCCNC(=O)OC(C)(C)C)(C(=O)[O-])C(=O)OC(C)(C)CCCOCc1ccccc1.[NH4+]. The van der Waals surface area contributed by atoms with Crippen LogP contribution in [0.5, 0.6) is 0 Å². The molecule has 0 bridgehead atoms. The Hall–Kier alpha value is -3.38. The lowest BCUT2D eigenvalue weighted by atomic mass is 9.78. The average molecular weight is 626 g/mol. The van der Waals surface area contributed by atoms with Gasteiger partial charge in [-0.1, -0.05) is 30.3 Å². The molecular formula is C32H55N3O9. The van der Waals surface area contributed by atoms with Crippen LogP contribution in [0.4, 0.5) is 9.59 Å². The Morgan fingerprint density at radius 1 is 0.705 bits per heavy atom. The number of carbonyl (C=O) groups is 4. The minimum absolute atomic E-state index is 0. The predicted octanol–water partition coefficient (Wildman–Crippen LogP) is 5.03. The number of quaternary nitrogens is 1. The second-order valence-electron chi connectivity index (χ2n) is 13.2. The highest BCUT2D eigenvalue weighted by atomic mass is 16.6. The summed E-state index contributed by atoms with van der Waals surface area (Å²) in [6, 6.07) is 9.74. The second-order valence-corrected chi connectivity index (χ2v) is 13.2. The molecule has 0 aliphatic carbocycles. The zero-order valence-corrected chi connectivity index (χ0v) is 28.1. The Labute approximate surface area is 262 Å². The number of ether oxygens (including phenoxy) is 4. The van der Waals surface area contributed by atoms with Crippen molar-refractivity contribution in [2.45, 2.75) is 117 Å². The van der Waals surface area contributed by atoms with Gasteiger partial charge in [-0.05, 0) is 99.5 Å². The molecule has 0 heterocycles. The summed E-state index contributed by atoms with van der Waals surface area (Å²) in [5.41, 5.74) is -3.30. The van der Waals surface area contributed by atoms with Crippen LogP contribution < -0.4 is 21.9 Å². The van der Waals surface area contributed by atoms with E-state index in [9.17, 15) is 24.3 Å². The maximum atomic E-state index is 13.5. The number of alkyl carbamates (subject to hydrolysis) is 2. The van der Waals surface area contributed by atoms with Gasteiger partial charge in [0.2, 0.25) is 0 Å². The molecule has 2 amide bonds. The van der Waals surface area contributed by atoms with Gasteiger partial charge < -0.3 is 45.6 Å². The molecule has 0 aliphatic heterocycles. The second kappa shape index (κ2) is 18.4. The summed E-state index contributed by atoms with van der Waals surface area (Å²) in [5.74, 6) is -2.49. The third-order valence-corrected chi connectivity index (χ3v) is 6.23. The molecule has 1 rings (SSSR count). The van der Waals surface area contributed by atoms with E-state index in [2.05, 4.69) is 10.6 Å². The van der Waals surface area contributed by atoms with Gasteiger partial charge in [0.25, 0.3) is 0 Å². The smallest absolute Gasteiger partial charge is 0.407 e. The maximum absolute atomic E-state index is 13.5. The molecule has 0 aromatic heterocycles. The molecule has 0 atom stereocenters. The Morgan fingerprint density at radius 3 is 1.61 bits per heavy atom. The van der Waals surface area contributed by atoms with E-state index >= 15 is 0 Å². The molecule has 0 aliphatic rings. The number of amides is 2. The number of nitrogens with one attached hydrogen (secondary N) is 2. The highest BCUT2D eigenvalue weighted by Crippen LogP contribution is 2.34. The van der Waals surface area contributed by atoms with Gasteiger partial charge >= 0.3 is 18.2 Å². The van der Waals surface area contributed by atoms with Crippen molar-refractivity contribution in [1.82, 2.24) is 16.8 Å². The number of esters is 1. The summed E-state index contributed by atoms with van der Waals surface area (Å²) in [7, 11) is 0. The van der Waals surface area contributed by atoms with E-state index in [0.29, 0.717) is 26.1 Å². The van der Waals surface area contributed by atoms with Gasteiger partial charge in [-0.3, -0.25) is 4.79 Å². The van der Waals surface area contributed by atoms with Crippen LogP contribution >= 0.6 is 0 Å². The first-order chi connectivity index (χ1) is 19.9. The fourth-order valence-corrected chi connectivity index (χ4v) is 4.17. The van der Waals surface area contributed by atoms with Gasteiger partial charge in [0.05, 0.1) is 12.6 Å². The molecule has 0 saturated heterocycles. The summed E-state index contributed by atoms with van der Waals surface area (Å²) in [6.07, 6.45) is -0.260. The molecule has 252 valence electrons. The Balaban J connectivity index is 0.0000185. The molecule has 0 unspecified atom stereocenters. The van der Waals surface area contributed by atoms with E-state index in [0.717, 1.165) is 5.56 Å². The zero-order chi connectivity index (χ0) is 32.7. The van der Waals surface area contributed by atoms with E-state index in [1.165, 1.54) is 0 Å². The zero-order valence-electron chi connectivity index (χ0n) is 28.1. The number of aliphatic carboxylic acids is 1. The van der Waals surface area contributed by atoms with Crippen molar-refractivity contribution >= 4 is 24.1 Å². The van der Waals surface area contributed by atoms with Crippen LogP contribution in [-0.4, -0.2) is 60.6 Å². The Kier molecular flexibility index (Phi) is 17.0. The van der Waals surface area contributed by atoms with Crippen LogP contribution in [0, 0.1) is 5.41 Å². The molecule has 12 heteroatoms. The van der Waals surface area contributed by atoms with E-state index in [-0.39, 0.29) is 44.9 Å². The molecule has 0 spiro atoms. The van der Waals surface area contributed by atoms with Crippen molar-refractivity contribution in [3.8, 4) is 0 Å². The molecule has 0 saturated carbocycles. The van der Waals surface area contributed by atoms with Crippen LogP contribution in [0.25, 0.3) is 0 Å². The van der Waals surface area contributed by atoms with Crippen molar-refractivity contribution < 1.29 is 43.2 Å². The van der Waals surface area contributed by atoms with Gasteiger partial charge in [-0.15, -0.1) is 0 Å². The Morgan fingerprint density at radius 2 is 1.18 bits per heavy atom. The van der Waals surface area contributed by atoms with Crippen molar-refractivity contribution in [3.63, 3.8) is 0 Å². The van der Waals surface area contributed by atoms with Crippen molar-refractivity contribution in [2.75, 3.05) is 19.7 Å². The number of benzene rings is 1. The third-order valence-electron chi connectivity index (χ3n) is 6.23. The van der Waals surface area contributed by atoms with Gasteiger partial charge in [0, 0.05) is 19.7 Å². The predicted molar refractivity (Wildman–Crippen MR) is 166 cm³/mol. The molecule has 1 aromatic carbocycles. The number of hydrogen-bond donors (Lipinski definition) is 3. The van der Waals surface area contributed by atoms with E-state index < -0.39 is 46.3 Å². The van der Waals surface area contributed by atoms with Crippen LogP contribution in [-0.2, 0) is 35.1 Å². The molecule has 12 nitrogen and oxygen atoms in total. The first-order valence-electron chi connectivity index (χ1n) is 14.9. The van der Waals surface area contributed by atoms with Crippen LogP contribution in [0.2, 0.25) is 0 Å². The Bertz CT molecular complexity index is 996. The summed E-state index contributed by atoms with van der Waals surface area (Å²) in [6.45, 7) is 14.9. The molecule has 0 radical (unpaired) electrons. The fraction of sp³-hybridized carbons (Fsp3) is 0.688. The van der Waals surface area contributed by atoms with Crippen LogP contribution in [0.15, 0.2) is 30.3 Å². The summed E-state index contributed by atoms with van der Waals surface area (Å²) in [4.78, 5) is 50.1. The average Bonchev–Trinajstić information content (AvgIpc) is 2.85. The molecular weight excluding hydrogens is 570 g/mol. The standard InChI is InChI=1S/C32H52N2O9.H3N/c1-29(2,3)42-27(38)33-20-12-18-32(25(35)36,19-13-21-34-28(39)43-30(4,5)6)26(37)41-31(7,8)17-14-22-40-23-24-15-10-9-11-16-24;/h9-11,15-16H,12-14,17-23H2,1-8H3,(H,33,38)(H,34,39)(H,35,36);1H3.